The van der Waals surface area contributed by atoms with Crippen molar-refractivity contribution in [2.75, 3.05) is 6.61 Å². The van der Waals surface area contributed by atoms with Crippen LogP contribution in [-0.4, -0.2) is 25.6 Å². The zero-order valence-electron chi connectivity index (χ0n) is 11.7. The van der Waals surface area contributed by atoms with Gasteiger partial charge in [-0.05, 0) is 36.8 Å². The Hall–Kier alpha value is -1.46. The summed E-state index contributed by atoms with van der Waals surface area (Å²) >= 11 is 3.40. The molecule has 0 bridgehead atoms. The van der Waals surface area contributed by atoms with E-state index in [1.807, 2.05) is 24.3 Å². The highest BCUT2D eigenvalue weighted by atomic mass is 79.9. The number of benzene rings is 2. The van der Waals surface area contributed by atoms with Crippen LogP contribution in [0.5, 0.6) is 11.5 Å². The van der Waals surface area contributed by atoms with Gasteiger partial charge in [0, 0.05) is 10.5 Å². The van der Waals surface area contributed by atoms with Crippen molar-refractivity contribution in [3.63, 3.8) is 0 Å². The van der Waals surface area contributed by atoms with Gasteiger partial charge in [0.25, 0.3) is 0 Å². The van der Waals surface area contributed by atoms with Gasteiger partial charge in [0.05, 0.1) is 0 Å². The van der Waals surface area contributed by atoms with Crippen LogP contribution in [0.1, 0.15) is 18.6 Å². The molecule has 2 atom stereocenters. The summed E-state index contributed by atoms with van der Waals surface area (Å²) in [5, 5.41) is 9.72. The molecular weight excluding hydrogens is 331 g/mol. The summed E-state index contributed by atoms with van der Waals surface area (Å²) in [6.45, 7) is 2.03. The average Bonchev–Trinajstić information content (AvgIpc) is 2.45. The van der Waals surface area contributed by atoms with Gasteiger partial charge >= 0.3 is 0 Å². The Kier molecular flexibility index (Phi) is 5.71. The Morgan fingerprint density at radius 2 is 1.81 bits per heavy atom. The molecule has 2 unspecified atom stereocenters. The van der Waals surface area contributed by atoms with Gasteiger partial charge in [-0.15, -0.1) is 0 Å². The van der Waals surface area contributed by atoms with Crippen LogP contribution in [0.2, 0.25) is 0 Å². The molecule has 0 aliphatic rings. The summed E-state index contributed by atoms with van der Waals surface area (Å²) in [4.78, 5) is 0. The van der Waals surface area contributed by atoms with E-state index >= 15 is 0 Å². The Balaban J connectivity index is 2.10. The summed E-state index contributed by atoms with van der Waals surface area (Å²) in [7, 11) is 5.72. The molecule has 0 fully saturated rings. The normalized spacial score (nSPS) is 13.6. The second-order valence-electron chi connectivity index (χ2n) is 4.66. The highest BCUT2D eigenvalue weighted by Gasteiger charge is 2.15. The molecule has 0 aliphatic heterocycles. The van der Waals surface area contributed by atoms with E-state index in [2.05, 4.69) is 15.9 Å². The Bertz CT molecular complexity index is 572. The van der Waals surface area contributed by atoms with Gasteiger partial charge in [-0.3, -0.25) is 0 Å². The molecular formula is C16H16BBrO3. The number of halogens is 1. The van der Waals surface area contributed by atoms with Crippen molar-refractivity contribution in [1.82, 2.24) is 0 Å². The fourth-order valence-electron chi connectivity index (χ4n) is 1.90. The maximum atomic E-state index is 9.72. The number of hydrogen-bond donors (Lipinski definition) is 1. The quantitative estimate of drug-likeness (QED) is 0.808. The second-order valence-corrected chi connectivity index (χ2v) is 5.58. The first-order chi connectivity index (χ1) is 10.1. The van der Waals surface area contributed by atoms with E-state index in [1.165, 1.54) is 0 Å². The van der Waals surface area contributed by atoms with Gasteiger partial charge in [0.15, 0.2) is 11.5 Å². The van der Waals surface area contributed by atoms with Gasteiger partial charge in [0.2, 0.25) is 0 Å². The minimum absolute atomic E-state index is 0.104. The zero-order valence-corrected chi connectivity index (χ0v) is 13.3. The maximum absolute atomic E-state index is 9.72. The van der Waals surface area contributed by atoms with Crippen LogP contribution < -0.4 is 4.74 Å². The van der Waals surface area contributed by atoms with Gasteiger partial charge in [-0.2, -0.15) is 0 Å². The summed E-state index contributed by atoms with van der Waals surface area (Å²) in [5.41, 5.74) is 0.964. The number of phenols is 1. The SMILES string of the molecule is [B]C(C)OC(COc1ccccc1O)c1ccc(Br)cc1. The van der Waals surface area contributed by atoms with Crippen molar-refractivity contribution >= 4 is 23.8 Å². The molecule has 0 saturated carbocycles. The second kappa shape index (κ2) is 7.52. The number of rotatable bonds is 6. The lowest BCUT2D eigenvalue weighted by Crippen LogP contribution is -2.19. The van der Waals surface area contributed by atoms with Crippen LogP contribution in [0.15, 0.2) is 53.0 Å². The van der Waals surface area contributed by atoms with Crippen LogP contribution in [0.25, 0.3) is 0 Å². The highest BCUT2D eigenvalue weighted by molar-refractivity contribution is 9.10. The van der Waals surface area contributed by atoms with Crippen LogP contribution in [0.3, 0.4) is 0 Å². The topological polar surface area (TPSA) is 38.7 Å². The van der Waals surface area contributed by atoms with Crippen LogP contribution >= 0.6 is 15.9 Å². The zero-order chi connectivity index (χ0) is 15.2. The minimum Gasteiger partial charge on any atom is -0.504 e. The molecule has 0 amide bonds. The van der Waals surface area contributed by atoms with E-state index in [0.717, 1.165) is 10.0 Å². The van der Waals surface area contributed by atoms with E-state index in [-0.39, 0.29) is 18.5 Å². The van der Waals surface area contributed by atoms with Crippen molar-refractivity contribution in [3.05, 3.63) is 58.6 Å². The Morgan fingerprint density at radius 1 is 1.14 bits per heavy atom. The van der Waals surface area contributed by atoms with Crippen molar-refractivity contribution in [2.45, 2.75) is 19.0 Å². The molecule has 0 heterocycles. The summed E-state index contributed by atoms with van der Waals surface area (Å²) < 4.78 is 12.3. The fraction of sp³-hybridized carbons (Fsp3) is 0.250. The van der Waals surface area contributed by atoms with Crippen molar-refractivity contribution < 1.29 is 14.6 Å². The standard InChI is InChI=1S/C16H16BBrO3/c1-11(17)21-16(12-6-8-13(18)9-7-12)10-20-15-5-3-2-4-14(15)19/h2-9,11,16,19H,10H2,1H3. The number of para-hydroxylation sites is 2. The first kappa shape index (κ1) is 15.9. The molecule has 0 aliphatic carbocycles. The van der Waals surface area contributed by atoms with Crippen molar-refractivity contribution in [3.8, 4) is 11.5 Å². The van der Waals surface area contributed by atoms with Crippen molar-refractivity contribution in [1.29, 1.82) is 0 Å². The third-order valence-electron chi connectivity index (χ3n) is 2.88. The lowest BCUT2D eigenvalue weighted by molar-refractivity contribution is 0.00690. The van der Waals surface area contributed by atoms with E-state index < -0.39 is 6.00 Å². The van der Waals surface area contributed by atoms with Crippen LogP contribution in [0.4, 0.5) is 0 Å². The fourth-order valence-corrected chi connectivity index (χ4v) is 2.16. The van der Waals surface area contributed by atoms with Crippen molar-refractivity contribution in [2.24, 2.45) is 0 Å². The molecule has 108 valence electrons. The van der Waals surface area contributed by atoms with Crippen LogP contribution in [0, 0.1) is 0 Å². The monoisotopic (exact) mass is 346 g/mol. The largest absolute Gasteiger partial charge is 0.504 e. The van der Waals surface area contributed by atoms with E-state index in [1.54, 1.807) is 31.2 Å². The molecule has 0 aromatic heterocycles. The maximum Gasteiger partial charge on any atom is 0.161 e. The molecule has 0 saturated heterocycles. The molecule has 5 heteroatoms. The number of ether oxygens (including phenoxy) is 2. The first-order valence-corrected chi connectivity index (χ1v) is 7.43. The Labute approximate surface area is 134 Å². The summed E-state index contributed by atoms with van der Waals surface area (Å²) in [6.07, 6.45) is -0.308. The van der Waals surface area contributed by atoms with Gasteiger partial charge in [-0.25, -0.2) is 0 Å². The molecule has 2 aromatic carbocycles. The van der Waals surface area contributed by atoms with E-state index in [9.17, 15) is 5.11 Å². The number of aromatic hydroxyl groups is 1. The minimum atomic E-state index is -0.411. The lowest BCUT2D eigenvalue weighted by atomic mass is 10.0. The van der Waals surface area contributed by atoms with Gasteiger partial charge < -0.3 is 14.6 Å². The Morgan fingerprint density at radius 3 is 2.43 bits per heavy atom. The smallest absolute Gasteiger partial charge is 0.161 e. The molecule has 21 heavy (non-hydrogen) atoms. The molecule has 1 N–H and O–H groups in total. The predicted molar refractivity (Wildman–Crippen MR) is 86.8 cm³/mol. The summed E-state index contributed by atoms with van der Waals surface area (Å²) in [5.74, 6) is 0.528. The number of hydrogen-bond acceptors (Lipinski definition) is 3. The molecule has 0 spiro atoms. The number of phenolic OH excluding ortho intramolecular Hbond substituents is 1. The molecule has 3 nitrogen and oxygen atoms in total. The molecule has 2 radical (unpaired) electrons. The molecule has 2 rings (SSSR count). The van der Waals surface area contributed by atoms with Gasteiger partial charge in [0.1, 0.15) is 20.6 Å². The summed E-state index contributed by atoms with van der Waals surface area (Å²) in [6, 6.07) is 14.2. The highest BCUT2D eigenvalue weighted by Crippen LogP contribution is 2.27. The molecule has 2 aromatic rings. The third kappa shape index (κ3) is 4.79. The van der Waals surface area contributed by atoms with Crippen LogP contribution in [-0.2, 0) is 4.74 Å². The van der Waals surface area contributed by atoms with E-state index in [0.29, 0.717) is 5.75 Å². The lowest BCUT2D eigenvalue weighted by Gasteiger charge is -2.22. The third-order valence-corrected chi connectivity index (χ3v) is 3.40. The average molecular weight is 347 g/mol. The first-order valence-electron chi connectivity index (χ1n) is 6.63. The van der Waals surface area contributed by atoms with E-state index in [4.69, 9.17) is 17.3 Å². The van der Waals surface area contributed by atoms with Gasteiger partial charge in [-0.1, -0.05) is 40.2 Å². The predicted octanol–water partition coefficient (Wildman–Crippen LogP) is 3.81.